The summed E-state index contributed by atoms with van der Waals surface area (Å²) in [6.45, 7) is 6.20. The van der Waals surface area contributed by atoms with Crippen LogP contribution in [-0.4, -0.2) is 55.2 Å². The SMILES string of the molecule is C=CCN(C)C(=O)[C@@H]1CC[C@H]1CN1C[C@@]2(CCCc3cc(Cl)ccc32)COc2ccc(C(=O)O)cc21. The molecule has 36 heavy (non-hydrogen) atoms. The Morgan fingerprint density at radius 1 is 1.28 bits per heavy atom. The second-order valence-electron chi connectivity index (χ2n) is 10.5. The molecule has 1 heterocycles. The average Bonchev–Trinajstić information content (AvgIpc) is 2.99. The van der Waals surface area contributed by atoms with Crippen molar-refractivity contribution in [2.24, 2.45) is 11.8 Å². The number of rotatable bonds is 6. The zero-order valence-electron chi connectivity index (χ0n) is 20.7. The fourth-order valence-electron chi connectivity index (χ4n) is 6.21. The first-order valence-electron chi connectivity index (χ1n) is 12.7. The van der Waals surface area contributed by atoms with E-state index >= 15 is 0 Å². The Bertz CT molecular complexity index is 1200. The summed E-state index contributed by atoms with van der Waals surface area (Å²) >= 11 is 6.33. The number of aryl methyl sites for hydroxylation is 1. The molecule has 0 unspecified atom stereocenters. The summed E-state index contributed by atoms with van der Waals surface area (Å²) < 4.78 is 6.42. The Kier molecular flexibility index (Phi) is 6.73. The monoisotopic (exact) mass is 508 g/mol. The molecule has 3 aliphatic rings. The second kappa shape index (κ2) is 9.81. The summed E-state index contributed by atoms with van der Waals surface area (Å²) in [6, 6.07) is 11.3. The van der Waals surface area contributed by atoms with Gasteiger partial charge >= 0.3 is 5.97 Å². The number of nitrogens with zero attached hydrogens (tertiary/aromatic N) is 2. The largest absolute Gasteiger partial charge is 0.490 e. The van der Waals surface area contributed by atoms with Crippen molar-refractivity contribution >= 4 is 29.2 Å². The van der Waals surface area contributed by atoms with Gasteiger partial charge in [0.05, 0.1) is 17.9 Å². The molecule has 6 nitrogen and oxygen atoms in total. The Labute approximate surface area is 217 Å². The van der Waals surface area contributed by atoms with Gasteiger partial charge in [-0.15, -0.1) is 6.58 Å². The quantitative estimate of drug-likeness (QED) is 0.544. The number of carboxylic acids is 1. The normalized spacial score (nSPS) is 24.6. The minimum atomic E-state index is -0.961. The Hall–Kier alpha value is -2.99. The standard InChI is InChI=1S/C29H33ClN2O4/c1-3-13-31(2)27(33)23-9-6-21(23)16-32-17-29(12-4-5-19-14-22(30)8-10-24(19)29)18-36-26-11-7-20(28(34)35)15-25(26)32/h3,7-8,10-11,14-15,21,23H,1,4-6,9,12-13,16-18H2,2H3,(H,34,35)/t21-,23+,29-/m0/s1. The van der Waals surface area contributed by atoms with E-state index in [0.717, 1.165) is 42.8 Å². The lowest BCUT2D eigenvalue weighted by atomic mass is 9.69. The summed E-state index contributed by atoms with van der Waals surface area (Å²) in [5.41, 5.74) is 3.33. The van der Waals surface area contributed by atoms with E-state index in [1.54, 1.807) is 29.2 Å². The lowest BCUT2D eigenvalue weighted by molar-refractivity contribution is -0.139. The van der Waals surface area contributed by atoms with E-state index in [1.807, 2.05) is 13.1 Å². The van der Waals surface area contributed by atoms with Crippen molar-refractivity contribution in [1.29, 1.82) is 0 Å². The number of likely N-dealkylation sites (N-methyl/N-ethyl adjacent to an activating group) is 1. The highest BCUT2D eigenvalue weighted by Crippen LogP contribution is 2.46. The van der Waals surface area contributed by atoms with Gasteiger partial charge in [-0.05, 0) is 79.5 Å². The Morgan fingerprint density at radius 2 is 2.11 bits per heavy atom. The number of hydrogen-bond acceptors (Lipinski definition) is 4. The summed E-state index contributed by atoms with van der Waals surface area (Å²) in [7, 11) is 1.83. The van der Waals surface area contributed by atoms with Crippen molar-refractivity contribution in [3.05, 3.63) is 70.8 Å². The predicted octanol–water partition coefficient (Wildman–Crippen LogP) is 5.18. The van der Waals surface area contributed by atoms with Gasteiger partial charge in [0.1, 0.15) is 5.75 Å². The van der Waals surface area contributed by atoms with Gasteiger partial charge in [0.15, 0.2) is 0 Å². The third-order valence-electron chi connectivity index (χ3n) is 8.25. The lowest BCUT2D eigenvalue weighted by Crippen LogP contribution is -2.50. The first kappa shape index (κ1) is 24.7. The lowest BCUT2D eigenvalue weighted by Gasteiger charge is -2.44. The predicted molar refractivity (Wildman–Crippen MR) is 141 cm³/mol. The number of aromatic carboxylic acids is 1. The van der Waals surface area contributed by atoms with Crippen molar-refractivity contribution in [1.82, 2.24) is 4.90 Å². The zero-order valence-corrected chi connectivity index (χ0v) is 21.5. The maximum Gasteiger partial charge on any atom is 0.335 e. The van der Waals surface area contributed by atoms with Crippen LogP contribution in [0.2, 0.25) is 5.02 Å². The highest BCUT2D eigenvalue weighted by molar-refractivity contribution is 6.30. The Morgan fingerprint density at radius 3 is 2.83 bits per heavy atom. The zero-order chi connectivity index (χ0) is 25.4. The van der Waals surface area contributed by atoms with Crippen molar-refractivity contribution in [3.63, 3.8) is 0 Å². The van der Waals surface area contributed by atoms with E-state index in [9.17, 15) is 14.7 Å². The minimum absolute atomic E-state index is 0.0290. The molecule has 1 saturated carbocycles. The highest BCUT2D eigenvalue weighted by atomic mass is 35.5. The molecule has 1 aliphatic heterocycles. The number of anilines is 1. The molecular formula is C29H33ClN2O4. The maximum absolute atomic E-state index is 13.1. The van der Waals surface area contributed by atoms with Crippen molar-refractivity contribution in [3.8, 4) is 5.75 Å². The average molecular weight is 509 g/mol. The molecular weight excluding hydrogens is 476 g/mol. The number of carbonyl (C=O) groups is 2. The molecule has 1 fully saturated rings. The van der Waals surface area contributed by atoms with Crippen LogP contribution in [0.3, 0.4) is 0 Å². The molecule has 2 aromatic rings. The van der Waals surface area contributed by atoms with Gasteiger partial charge < -0.3 is 19.6 Å². The van der Waals surface area contributed by atoms with Crippen molar-refractivity contribution in [2.75, 3.05) is 38.2 Å². The molecule has 0 saturated heterocycles. The molecule has 5 rings (SSSR count). The van der Waals surface area contributed by atoms with E-state index in [-0.39, 0.29) is 28.7 Å². The van der Waals surface area contributed by atoms with Gasteiger partial charge in [-0.3, -0.25) is 4.79 Å². The number of amides is 1. The number of ether oxygens (including phenoxy) is 1. The van der Waals surface area contributed by atoms with E-state index < -0.39 is 5.97 Å². The fourth-order valence-corrected chi connectivity index (χ4v) is 6.40. The molecule has 0 aromatic heterocycles. The number of carbonyl (C=O) groups excluding carboxylic acids is 1. The first-order chi connectivity index (χ1) is 17.3. The van der Waals surface area contributed by atoms with E-state index in [0.29, 0.717) is 32.0 Å². The summed E-state index contributed by atoms with van der Waals surface area (Å²) in [6.07, 6.45) is 6.61. The number of benzene rings is 2. The number of carboxylic acid groups (broad SMARTS) is 1. The van der Waals surface area contributed by atoms with Crippen LogP contribution in [0.4, 0.5) is 5.69 Å². The van der Waals surface area contributed by atoms with E-state index in [2.05, 4.69) is 23.6 Å². The summed E-state index contributed by atoms with van der Waals surface area (Å²) in [4.78, 5) is 28.9. The maximum atomic E-state index is 13.1. The van der Waals surface area contributed by atoms with Gasteiger partial charge in [0.2, 0.25) is 5.91 Å². The third kappa shape index (κ3) is 4.47. The topological polar surface area (TPSA) is 70.1 Å². The molecule has 3 atom stereocenters. The van der Waals surface area contributed by atoms with Crippen LogP contribution in [0.25, 0.3) is 0 Å². The molecule has 1 spiro atoms. The molecule has 2 aromatic carbocycles. The van der Waals surface area contributed by atoms with Gasteiger partial charge in [0.25, 0.3) is 0 Å². The third-order valence-corrected chi connectivity index (χ3v) is 8.49. The van der Waals surface area contributed by atoms with Crippen LogP contribution >= 0.6 is 11.6 Å². The first-order valence-corrected chi connectivity index (χ1v) is 13.1. The van der Waals surface area contributed by atoms with Gasteiger partial charge in [-0.1, -0.05) is 23.7 Å². The van der Waals surface area contributed by atoms with Crippen molar-refractivity contribution in [2.45, 2.75) is 37.5 Å². The summed E-state index contributed by atoms with van der Waals surface area (Å²) in [5.74, 6) is 0.0679. The van der Waals surface area contributed by atoms with Crippen LogP contribution in [0.15, 0.2) is 49.1 Å². The molecule has 1 N–H and O–H groups in total. The van der Waals surface area contributed by atoms with Gasteiger partial charge in [-0.2, -0.15) is 0 Å². The molecule has 7 heteroatoms. The molecule has 1 amide bonds. The second-order valence-corrected chi connectivity index (χ2v) is 11.0. The molecule has 190 valence electrons. The van der Waals surface area contributed by atoms with Gasteiger partial charge in [-0.25, -0.2) is 4.79 Å². The number of hydrogen-bond donors (Lipinski definition) is 1. The Balaban J connectivity index is 1.50. The van der Waals surface area contributed by atoms with Crippen LogP contribution in [0.5, 0.6) is 5.75 Å². The highest BCUT2D eigenvalue weighted by Gasteiger charge is 2.44. The molecule has 2 aliphatic carbocycles. The summed E-state index contributed by atoms with van der Waals surface area (Å²) in [5, 5.41) is 10.4. The molecule has 0 bridgehead atoms. The van der Waals surface area contributed by atoms with Crippen LogP contribution < -0.4 is 9.64 Å². The molecule has 0 radical (unpaired) electrons. The van der Waals surface area contributed by atoms with E-state index in [1.165, 1.54) is 11.1 Å². The minimum Gasteiger partial charge on any atom is -0.490 e. The smallest absolute Gasteiger partial charge is 0.335 e. The number of halogens is 1. The number of fused-ring (bicyclic) bond motifs is 3. The van der Waals surface area contributed by atoms with E-state index in [4.69, 9.17) is 16.3 Å². The van der Waals surface area contributed by atoms with Crippen LogP contribution in [-0.2, 0) is 16.6 Å². The van der Waals surface area contributed by atoms with Crippen LogP contribution in [0.1, 0.15) is 47.2 Å². The fraction of sp³-hybridized carbons (Fsp3) is 0.448. The van der Waals surface area contributed by atoms with Crippen molar-refractivity contribution < 1.29 is 19.4 Å². The van der Waals surface area contributed by atoms with Crippen LogP contribution in [0, 0.1) is 11.8 Å². The van der Waals surface area contributed by atoms with Gasteiger partial charge in [0, 0.05) is 43.0 Å².